The molecule has 0 aromatic heterocycles. The summed E-state index contributed by atoms with van der Waals surface area (Å²) in [5, 5.41) is 9.28. The van der Waals surface area contributed by atoms with Crippen molar-refractivity contribution in [2.75, 3.05) is 26.3 Å². The van der Waals surface area contributed by atoms with Crippen LogP contribution in [-0.4, -0.2) is 44.1 Å². The summed E-state index contributed by atoms with van der Waals surface area (Å²) in [5.41, 5.74) is 0.956. The molecule has 2 aliphatic heterocycles. The van der Waals surface area contributed by atoms with E-state index in [1.807, 2.05) is 6.92 Å². The molecule has 5 nitrogen and oxygen atoms in total. The maximum absolute atomic E-state index is 12.6. The molecule has 0 bridgehead atoms. The molecule has 0 aliphatic carbocycles. The number of ether oxygens (including phenoxy) is 1. The van der Waals surface area contributed by atoms with E-state index in [2.05, 4.69) is 0 Å². The number of hydrogen-bond acceptors (Lipinski definition) is 4. The minimum Gasteiger partial charge on any atom is -0.493 e. The molecule has 20 heavy (non-hydrogen) atoms. The molecule has 6 heteroatoms. The van der Waals surface area contributed by atoms with Gasteiger partial charge < -0.3 is 9.84 Å². The molecule has 110 valence electrons. The Morgan fingerprint density at radius 1 is 1.40 bits per heavy atom. The predicted molar refractivity (Wildman–Crippen MR) is 74.1 cm³/mol. The number of aliphatic hydroxyl groups is 1. The minimum atomic E-state index is -3.47. The molecule has 2 atom stereocenters. The molecule has 2 aliphatic rings. The second-order valence-electron chi connectivity index (χ2n) is 5.61. The van der Waals surface area contributed by atoms with Crippen LogP contribution in [0.25, 0.3) is 0 Å². The molecule has 0 spiro atoms. The summed E-state index contributed by atoms with van der Waals surface area (Å²) in [4.78, 5) is 0.326. The van der Waals surface area contributed by atoms with Crippen molar-refractivity contribution in [2.24, 2.45) is 11.8 Å². The van der Waals surface area contributed by atoms with Crippen LogP contribution in [-0.2, 0) is 16.4 Å². The molecular weight excluding hydrogens is 278 g/mol. The number of rotatable bonds is 3. The molecule has 2 heterocycles. The maximum Gasteiger partial charge on any atom is 0.243 e. The van der Waals surface area contributed by atoms with Gasteiger partial charge in [-0.1, -0.05) is 6.92 Å². The van der Waals surface area contributed by atoms with Gasteiger partial charge in [0.2, 0.25) is 10.0 Å². The Morgan fingerprint density at radius 2 is 2.20 bits per heavy atom. The van der Waals surface area contributed by atoms with Crippen molar-refractivity contribution in [1.82, 2.24) is 4.31 Å². The monoisotopic (exact) mass is 297 g/mol. The lowest BCUT2D eigenvalue weighted by Gasteiger charge is -2.16. The van der Waals surface area contributed by atoms with Gasteiger partial charge in [-0.3, -0.25) is 0 Å². The molecule has 1 fully saturated rings. The summed E-state index contributed by atoms with van der Waals surface area (Å²) >= 11 is 0. The van der Waals surface area contributed by atoms with Crippen LogP contribution in [0.15, 0.2) is 23.1 Å². The van der Waals surface area contributed by atoms with Crippen LogP contribution in [0.2, 0.25) is 0 Å². The number of hydrogen-bond donors (Lipinski definition) is 1. The van der Waals surface area contributed by atoms with Crippen LogP contribution < -0.4 is 4.74 Å². The zero-order valence-electron chi connectivity index (χ0n) is 11.4. The second-order valence-corrected chi connectivity index (χ2v) is 7.55. The van der Waals surface area contributed by atoms with Crippen LogP contribution in [0.3, 0.4) is 0 Å². The van der Waals surface area contributed by atoms with Crippen LogP contribution in [0, 0.1) is 11.8 Å². The smallest absolute Gasteiger partial charge is 0.243 e. The van der Waals surface area contributed by atoms with Gasteiger partial charge in [0.15, 0.2) is 0 Å². The van der Waals surface area contributed by atoms with Crippen LogP contribution in [0.1, 0.15) is 12.5 Å². The first-order valence-corrected chi connectivity index (χ1v) is 8.33. The van der Waals surface area contributed by atoms with E-state index in [-0.39, 0.29) is 18.4 Å². The average Bonchev–Trinajstić information content (AvgIpc) is 3.03. The molecule has 1 aromatic rings. The van der Waals surface area contributed by atoms with Gasteiger partial charge in [-0.2, -0.15) is 4.31 Å². The van der Waals surface area contributed by atoms with Gasteiger partial charge in [0.1, 0.15) is 5.75 Å². The SMILES string of the molecule is C[C@@H]1CN(S(=O)(=O)c2ccc3c(c2)CCO3)C[C@H]1CO. The third kappa shape index (κ3) is 2.21. The zero-order valence-corrected chi connectivity index (χ0v) is 12.3. The van der Waals surface area contributed by atoms with Gasteiger partial charge in [0.25, 0.3) is 0 Å². The Labute approximate surface area is 119 Å². The molecule has 0 radical (unpaired) electrons. The standard InChI is InChI=1S/C14H19NO4S/c1-10-7-15(8-12(10)9-16)20(17,18)13-2-3-14-11(6-13)4-5-19-14/h2-3,6,10,12,16H,4-5,7-9H2,1H3/t10-,12+/m1/s1. The highest BCUT2D eigenvalue weighted by molar-refractivity contribution is 7.89. The van der Waals surface area contributed by atoms with E-state index in [4.69, 9.17) is 4.74 Å². The number of fused-ring (bicyclic) bond motifs is 1. The number of benzene rings is 1. The van der Waals surface area contributed by atoms with E-state index < -0.39 is 10.0 Å². The Bertz CT molecular complexity index is 614. The zero-order chi connectivity index (χ0) is 14.3. The van der Waals surface area contributed by atoms with Crippen molar-refractivity contribution in [1.29, 1.82) is 0 Å². The van der Waals surface area contributed by atoms with Crippen molar-refractivity contribution in [3.05, 3.63) is 23.8 Å². The van der Waals surface area contributed by atoms with Crippen LogP contribution in [0.5, 0.6) is 5.75 Å². The van der Waals surface area contributed by atoms with E-state index in [1.54, 1.807) is 18.2 Å². The van der Waals surface area contributed by atoms with E-state index >= 15 is 0 Å². The van der Waals surface area contributed by atoms with E-state index in [1.165, 1.54) is 4.31 Å². The molecule has 0 unspecified atom stereocenters. The fourth-order valence-corrected chi connectivity index (χ4v) is 4.54. The Morgan fingerprint density at radius 3 is 2.90 bits per heavy atom. The Balaban J connectivity index is 1.89. The lowest BCUT2D eigenvalue weighted by molar-refractivity contribution is 0.210. The number of aliphatic hydroxyl groups excluding tert-OH is 1. The first kappa shape index (κ1) is 13.9. The Kier molecular flexibility index (Phi) is 3.48. The van der Waals surface area contributed by atoms with Gasteiger partial charge in [0, 0.05) is 26.1 Å². The summed E-state index contributed by atoms with van der Waals surface area (Å²) in [6.07, 6.45) is 0.758. The van der Waals surface area contributed by atoms with Crippen LogP contribution >= 0.6 is 0 Å². The van der Waals surface area contributed by atoms with Gasteiger partial charge in [-0.15, -0.1) is 0 Å². The first-order chi connectivity index (χ1) is 9.52. The van der Waals surface area contributed by atoms with E-state index in [9.17, 15) is 13.5 Å². The third-order valence-corrected chi connectivity index (χ3v) is 6.10. The summed E-state index contributed by atoms with van der Waals surface area (Å²) in [6, 6.07) is 5.06. The summed E-state index contributed by atoms with van der Waals surface area (Å²) in [5.74, 6) is 1.00. The Hall–Kier alpha value is -1.11. The van der Waals surface area contributed by atoms with Gasteiger partial charge in [0.05, 0.1) is 11.5 Å². The van der Waals surface area contributed by atoms with Gasteiger partial charge in [-0.25, -0.2) is 8.42 Å². The lowest BCUT2D eigenvalue weighted by atomic mass is 10.00. The number of nitrogens with zero attached hydrogens (tertiary/aromatic N) is 1. The molecular formula is C14H19NO4S. The molecule has 1 N–H and O–H groups in total. The van der Waals surface area contributed by atoms with Crippen molar-refractivity contribution >= 4 is 10.0 Å². The topological polar surface area (TPSA) is 66.8 Å². The highest BCUT2D eigenvalue weighted by Crippen LogP contribution is 2.32. The molecule has 3 rings (SSSR count). The molecule has 1 saturated heterocycles. The fraction of sp³-hybridized carbons (Fsp3) is 0.571. The predicted octanol–water partition coefficient (Wildman–Crippen LogP) is 0.870. The summed E-state index contributed by atoms with van der Waals surface area (Å²) in [6.45, 7) is 3.50. The van der Waals surface area contributed by atoms with Gasteiger partial charge in [-0.05, 0) is 35.6 Å². The normalized spacial score (nSPS) is 26.5. The highest BCUT2D eigenvalue weighted by atomic mass is 32.2. The minimum absolute atomic E-state index is 0.0301. The highest BCUT2D eigenvalue weighted by Gasteiger charge is 2.37. The van der Waals surface area contributed by atoms with Crippen molar-refractivity contribution in [3.8, 4) is 5.75 Å². The summed E-state index contributed by atoms with van der Waals surface area (Å²) in [7, 11) is -3.47. The van der Waals surface area contributed by atoms with E-state index in [0.717, 1.165) is 17.7 Å². The fourth-order valence-electron chi connectivity index (χ4n) is 2.89. The van der Waals surface area contributed by atoms with Gasteiger partial charge >= 0.3 is 0 Å². The largest absolute Gasteiger partial charge is 0.493 e. The second kappa shape index (κ2) is 5.02. The van der Waals surface area contributed by atoms with Crippen molar-refractivity contribution < 1.29 is 18.3 Å². The third-order valence-electron chi connectivity index (χ3n) is 4.27. The van der Waals surface area contributed by atoms with Crippen molar-refractivity contribution in [2.45, 2.75) is 18.2 Å². The van der Waals surface area contributed by atoms with Crippen LogP contribution in [0.4, 0.5) is 0 Å². The average molecular weight is 297 g/mol. The molecule has 1 aromatic carbocycles. The quantitative estimate of drug-likeness (QED) is 0.899. The van der Waals surface area contributed by atoms with E-state index in [0.29, 0.717) is 24.6 Å². The van der Waals surface area contributed by atoms with Crippen molar-refractivity contribution in [3.63, 3.8) is 0 Å². The molecule has 0 saturated carbocycles. The number of sulfonamides is 1. The maximum atomic E-state index is 12.6. The first-order valence-electron chi connectivity index (χ1n) is 6.89. The lowest BCUT2D eigenvalue weighted by Crippen LogP contribution is -2.29. The summed E-state index contributed by atoms with van der Waals surface area (Å²) < 4.78 is 32.2. The molecule has 0 amide bonds.